The number of hydrogen-bond donors (Lipinski definition) is 2. The van der Waals surface area contributed by atoms with Gasteiger partial charge in [-0.15, -0.1) is 0 Å². The number of hydrogen-bond acceptors (Lipinski definition) is 4. The van der Waals surface area contributed by atoms with Gasteiger partial charge in [0.2, 0.25) is 0 Å². The van der Waals surface area contributed by atoms with E-state index in [0.717, 1.165) is 41.7 Å². The van der Waals surface area contributed by atoms with E-state index in [9.17, 15) is 14.4 Å². The number of aliphatic carboxylic acids is 1. The van der Waals surface area contributed by atoms with Gasteiger partial charge >= 0.3 is 12.0 Å². The van der Waals surface area contributed by atoms with Gasteiger partial charge in [0, 0.05) is 12.1 Å². The second kappa shape index (κ2) is 10.5. The first-order valence-corrected chi connectivity index (χ1v) is 12.7. The summed E-state index contributed by atoms with van der Waals surface area (Å²) in [6, 6.07) is 22.4. The molecule has 2 N–H and O–H groups in total. The lowest BCUT2D eigenvalue weighted by Crippen LogP contribution is -2.49. The zero-order chi connectivity index (χ0) is 25.9. The van der Waals surface area contributed by atoms with E-state index in [1.54, 1.807) is 25.1 Å². The largest absolute Gasteiger partial charge is 0.481 e. The van der Waals surface area contributed by atoms with Crippen molar-refractivity contribution < 1.29 is 24.2 Å². The number of ether oxygens (including phenoxy) is 1. The third-order valence-corrected chi connectivity index (χ3v) is 7.33. The Kier molecular flexibility index (Phi) is 6.95. The number of fused-ring (bicyclic) bond motifs is 1. The van der Waals surface area contributed by atoms with Crippen LogP contribution < -0.4 is 15.0 Å². The molecule has 3 aromatic carbocycles. The van der Waals surface area contributed by atoms with Gasteiger partial charge in [-0.25, -0.2) is 9.69 Å². The van der Waals surface area contributed by atoms with E-state index in [4.69, 9.17) is 9.84 Å². The number of carbonyl (C=O) groups excluding carboxylic acids is 2. The van der Waals surface area contributed by atoms with Crippen molar-refractivity contribution in [1.82, 2.24) is 0 Å². The lowest BCUT2D eigenvalue weighted by molar-refractivity contribution is -0.138. The summed E-state index contributed by atoms with van der Waals surface area (Å²) in [5.74, 6) is 0.0897. The second-order valence-corrected chi connectivity index (χ2v) is 9.85. The van der Waals surface area contributed by atoms with Gasteiger partial charge in [0.25, 0.3) is 5.91 Å². The molecule has 7 nitrogen and oxygen atoms in total. The summed E-state index contributed by atoms with van der Waals surface area (Å²) in [4.78, 5) is 38.0. The number of rotatable bonds is 5. The Morgan fingerprint density at radius 2 is 1.62 bits per heavy atom. The molecule has 0 radical (unpaired) electrons. The van der Waals surface area contributed by atoms with Gasteiger partial charge in [-0.05, 0) is 85.4 Å². The maximum absolute atomic E-state index is 13.0. The molecule has 37 heavy (non-hydrogen) atoms. The van der Waals surface area contributed by atoms with Crippen LogP contribution in [0.3, 0.4) is 0 Å². The normalized spacial score (nSPS) is 21.1. The summed E-state index contributed by atoms with van der Waals surface area (Å²) in [5.41, 5.74) is 4.23. The molecule has 0 bridgehead atoms. The lowest BCUT2D eigenvalue weighted by atomic mass is 9.77. The molecule has 1 aliphatic heterocycles. The van der Waals surface area contributed by atoms with Gasteiger partial charge in [-0.1, -0.05) is 48.5 Å². The smallest absolute Gasteiger partial charge is 0.333 e. The fraction of sp³-hybridized carbons (Fsp3) is 0.300. The van der Waals surface area contributed by atoms with Crippen molar-refractivity contribution in [3.05, 3.63) is 78.4 Å². The van der Waals surface area contributed by atoms with E-state index in [1.807, 2.05) is 30.3 Å². The molecule has 5 rings (SSSR count). The number of imide groups is 1. The molecule has 3 amide bonds. The highest BCUT2D eigenvalue weighted by Crippen LogP contribution is 2.40. The summed E-state index contributed by atoms with van der Waals surface area (Å²) < 4.78 is 5.88. The predicted molar refractivity (Wildman–Crippen MR) is 142 cm³/mol. The maximum Gasteiger partial charge on any atom is 0.333 e. The number of urea groups is 1. The number of nitrogens with zero attached hydrogens (tertiary/aromatic N) is 1. The Bertz CT molecular complexity index is 1300. The van der Waals surface area contributed by atoms with Crippen molar-refractivity contribution in [2.75, 3.05) is 10.2 Å². The number of carboxylic acids is 1. The molecule has 1 aliphatic carbocycles. The molecule has 2 aliphatic rings. The molecule has 1 atom stereocenters. The molecule has 1 saturated carbocycles. The quantitative estimate of drug-likeness (QED) is 0.422. The van der Waals surface area contributed by atoms with Crippen LogP contribution in [0.25, 0.3) is 11.1 Å². The summed E-state index contributed by atoms with van der Waals surface area (Å²) >= 11 is 0. The van der Waals surface area contributed by atoms with Crippen LogP contribution in [0.5, 0.6) is 5.75 Å². The number of carboxylic acid groups (broad SMARTS) is 1. The molecular formula is C30H30N2O5. The molecule has 0 saturated heterocycles. The molecular weight excluding hydrogens is 468 g/mol. The first kappa shape index (κ1) is 24.6. The third-order valence-electron chi connectivity index (χ3n) is 7.33. The zero-order valence-corrected chi connectivity index (χ0v) is 20.7. The molecule has 1 heterocycles. The van der Waals surface area contributed by atoms with E-state index in [0.29, 0.717) is 23.0 Å². The second-order valence-electron chi connectivity index (χ2n) is 9.85. The van der Waals surface area contributed by atoms with Crippen molar-refractivity contribution in [2.45, 2.75) is 51.0 Å². The monoisotopic (exact) mass is 498 g/mol. The van der Waals surface area contributed by atoms with E-state index in [1.165, 1.54) is 5.56 Å². The van der Waals surface area contributed by atoms with Gasteiger partial charge in [0.15, 0.2) is 6.10 Å². The highest BCUT2D eigenvalue weighted by atomic mass is 16.5. The van der Waals surface area contributed by atoms with Gasteiger partial charge in [0.1, 0.15) is 5.75 Å². The van der Waals surface area contributed by atoms with E-state index >= 15 is 0 Å². The maximum atomic E-state index is 13.0. The van der Waals surface area contributed by atoms with Crippen LogP contribution in [0.4, 0.5) is 16.2 Å². The summed E-state index contributed by atoms with van der Waals surface area (Å²) in [7, 11) is 0. The van der Waals surface area contributed by atoms with Crippen LogP contribution >= 0.6 is 0 Å². The third kappa shape index (κ3) is 5.35. The van der Waals surface area contributed by atoms with E-state index < -0.39 is 24.0 Å². The SMILES string of the molecule is CC1Oc2cc(-c3ccc(C4CCC(CC(=O)O)CC4)cc3)ccc2N(C(=O)Nc2ccccc2)C1=O. The number of anilines is 2. The Balaban J connectivity index is 1.32. The topological polar surface area (TPSA) is 95.9 Å². The van der Waals surface area contributed by atoms with Gasteiger partial charge in [-0.3, -0.25) is 9.59 Å². The number of para-hydroxylation sites is 1. The Labute approximate surface area is 216 Å². The zero-order valence-electron chi connectivity index (χ0n) is 20.7. The van der Waals surface area contributed by atoms with Gasteiger partial charge in [-0.2, -0.15) is 0 Å². The number of nitrogens with one attached hydrogen (secondary N) is 1. The van der Waals surface area contributed by atoms with Crippen molar-refractivity contribution >= 4 is 29.3 Å². The molecule has 1 unspecified atom stereocenters. The average Bonchev–Trinajstić information content (AvgIpc) is 2.90. The first-order chi connectivity index (χ1) is 17.9. The summed E-state index contributed by atoms with van der Waals surface area (Å²) in [6.45, 7) is 1.64. The number of carbonyl (C=O) groups is 3. The van der Waals surface area contributed by atoms with Crippen molar-refractivity contribution in [2.24, 2.45) is 5.92 Å². The summed E-state index contributed by atoms with van der Waals surface area (Å²) in [6.07, 6.45) is 3.40. The van der Waals surface area contributed by atoms with Crippen LogP contribution in [0.2, 0.25) is 0 Å². The molecule has 1 fully saturated rings. The summed E-state index contributed by atoms with van der Waals surface area (Å²) in [5, 5.41) is 11.8. The minimum Gasteiger partial charge on any atom is -0.481 e. The van der Waals surface area contributed by atoms with E-state index in [2.05, 4.69) is 29.6 Å². The molecule has 3 aromatic rings. The average molecular weight is 499 g/mol. The molecule has 7 heteroatoms. The standard InChI is InChI=1S/C30H30N2O5/c1-19-29(35)32(30(36)31-25-5-3-2-4-6-25)26-16-15-24(18-27(26)37-19)23-13-11-22(12-14-23)21-9-7-20(8-10-21)17-28(33)34/h2-6,11-16,18-21H,7-10,17H2,1H3,(H,31,36)(H,33,34). The van der Waals surface area contributed by atoms with Crippen molar-refractivity contribution in [1.29, 1.82) is 0 Å². The highest BCUT2D eigenvalue weighted by molar-refractivity contribution is 6.21. The minimum atomic E-state index is -0.789. The Morgan fingerprint density at radius 3 is 2.30 bits per heavy atom. The lowest BCUT2D eigenvalue weighted by Gasteiger charge is -2.32. The van der Waals surface area contributed by atoms with Gasteiger partial charge < -0.3 is 15.2 Å². The van der Waals surface area contributed by atoms with Crippen molar-refractivity contribution in [3.63, 3.8) is 0 Å². The van der Waals surface area contributed by atoms with Crippen molar-refractivity contribution in [3.8, 4) is 16.9 Å². The molecule has 0 spiro atoms. The van der Waals surface area contributed by atoms with Crippen LogP contribution in [-0.2, 0) is 9.59 Å². The fourth-order valence-electron chi connectivity index (χ4n) is 5.32. The minimum absolute atomic E-state index is 0.265. The van der Waals surface area contributed by atoms with E-state index in [-0.39, 0.29) is 12.3 Å². The van der Waals surface area contributed by atoms with Gasteiger partial charge in [0.05, 0.1) is 5.69 Å². The number of amides is 3. The van der Waals surface area contributed by atoms with Crippen LogP contribution in [0, 0.1) is 5.92 Å². The number of benzene rings is 3. The van der Waals surface area contributed by atoms with Crippen LogP contribution in [0.1, 0.15) is 50.5 Å². The van der Waals surface area contributed by atoms with Crippen LogP contribution in [-0.4, -0.2) is 29.1 Å². The highest BCUT2D eigenvalue weighted by Gasteiger charge is 2.36. The Morgan fingerprint density at radius 1 is 0.946 bits per heavy atom. The molecule has 190 valence electrons. The fourth-order valence-corrected chi connectivity index (χ4v) is 5.32. The predicted octanol–water partition coefficient (Wildman–Crippen LogP) is 6.45. The van der Waals surface area contributed by atoms with Crippen LogP contribution in [0.15, 0.2) is 72.8 Å². The first-order valence-electron chi connectivity index (χ1n) is 12.7. The molecule has 0 aromatic heterocycles. The Hall–Kier alpha value is -4.13.